The molecule has 0 saturated carbocycles. The third-order valence-electron chi connectivity index (χ3n) is 2.62. The van der Waals surface area contributed by atoms with Crippen LogP contribution in [-0.4, -0.2) is 18.3 Å². The van der Waals surface area contributed by atoms with E-state index >= 15 is 0 Å². The molecule has 0 heterocycles. The van der Waals surface area contributed by atoms with Gasteiger partial charge in [0.1, 0.15) is 5.75 Å². The summed E-state index contributed by atoms with van der Waals surface area (Å²) in [5, 5.41) is 8.68. The zero-order valence-electron chi connectivity index (χ0n) is 11.5. The molecule has 0 aliphatic rings. The molecule has 0 spiro atoms. The Hall–Kier alpha value is -1.46. The topological polar surface area (TPSA) is 29.5 Å². The van der Waals surface area contributed by atoms with Crippen LogP contribution < -0.4 is 4.74 Å². The second-order valence-electron chi connectivity index (χ2n) is 4.78. The Morgan fingerprint density at radius 2 is 2.11 bits per heavy atom. The van der Waals surface area contributed by atoms with Gasteiger partial charge in [-0.3, -0.25) is 0 Å². The van der Waals surface area contributed by atoms with Gasteiger partial charge < -0.3 is 9.84 Å². The highest BCUT2D eigenvalue weighted by atomic mass is 16.5. The van der Waals surface area contributed by atoms with Gasteiger partial charge in [-0.2, -0.15) is 0 Å². The second kappa shape index (κ2) is 7.79. The molecule has 1 N–H and O–H groups in total. The van der Waals surface area contributed by atoms with Crippen molar-refractivity contribution < 1.29 is 9.84 Å². The van der Waals surface area contributed by atoms with Gasteiger partial charge in [0.2, 0.25) is 0 Å². The quantitative estimate of drug-likeness (QED) is 0.809. The summed E-state index contributed by atoms with van der Waals surface area (Å²) in [6.07, 6.45) is 1.59. The average Bonchev–Trinajstić information content (AvgIpc) is 2.31. The number of benzene rings is 1. The maximum Gasteiger partial charge on any atom is 0.119 e. The van der Waals surface area contributed by atoms with Crippen LogP contribution in [0.4, 0.5) is 0 Å². The molecule has 1 aromatic rings. The molecular formula is C16H22O2. The smallest absolute Gasteiger partial charge is 0.119 e. The molecule has 98 valence electrons. The molecule has 0 atom stereocenters. The Kier molecular flexibility index (Phi) is 6.32. The van der Waals surface area contributed by atoms with E-state index in [0.717, 1.165) is 29.9 Å². The van der Waals surface area contributed by atoms with Crippen LogP contribution in [0.5, 0.6) is 5.75 Å². The highest BCUT2D eigenvalue weighted by Gasteiger charge is 2.00. The van der Waals surface area contributed by atoms with Crippen LogP contribution in [0, 0.1) is 24.7 Å². The average molecular weight is 246 g/mol. The summed E-state index contributed by atoms with van der Waals surface area (Å²) in [6, 6.07) is 5.95. The summed E-state index contributed by atoms with van der Waals surface area (Å²) < 4.78 is 5.69. The van der Waals surface area contributed by atoms with Gasteiger partial charge in [-0.1, -0.05) is 25.7 Å². The predicted molar refractivity (Wildman–Crippen MR) is 74.7 cm³/mol. The summed E-state index contributed by atoms with van der Waals surface area (Å²) in [6.45, 7) is 7.27. The fraction of sp³-hybridized carbons (Fsp3) is 0.500. The molecule has 1 rings (SSSR count). The Labute approximate surface area is 110 Å². The van der Waals surface area contributed by atoms with Crippen molar-refractivity contribution in [1.82, 2.24) is 0 Å². The van der Waals surface area contributed by atoms with Crippen molar-refractivity contribution in [2.24, 2.45) is 5.92 Å². The van der Waals surface area contributed by atoms with Gasteiger partial charge >= 0.3 is 0 Å². The maximum absolute atomic E-state index is 8.68. The molecular weight excluding hydrogens is 224 g/mol. The molecule has 0 amide bonds. The lowest BCUT2D eigenvalue weighted by Gasteiger charge is -2.09. The van der Waals surface area contributed by atoms with Crippen molar-refractivity contribution in [2.45, 2.75) is 33.6 Å². The lowest BCUT2D eigenvalue weighted by molar-refractivity contribution is 0.289. The van der Waals surface area contributed by atoms with E-state index in [4.69, 9.17) is 9.84 Å². The summed E-state index contributed by atoms with van der Waals surface area (Å²) in [7, 11) is 0. The maximum atomic E-state index is 8.68. The Morgan fingerprint density at radius 3 is 2.72 bits per heavy atom. The zero-order chi connectivity index (χ0) is 13.4. The van der Waals surface area contributed by atoms with Crippen molar-refractivity contribution in [3.63, 3.8) is 0 Å². The van der Waals surface area contributed by atoms with Crippen LogP contribution >= 0.6 is 0 Å². The minimum atomic E-state index is 0.114. The van der Waals surface area contributed by atoms with Crippen LogP contribution in [0.1, 0.15) is 37.8 Å². The van der Waals surface area contributed by atoms with Gasteiger partial charge in [-0.25, -0.2) is 0 Å². The SMILES string of the molecule is Cc1cc(OCCC(C)C)ccc1C#CCCO. The Balaban J connectivity index is 2.60. The van der Waals surface area contributed by atoms with E-state index in [0.29, 0.717) is 12.3 Å². The summed E-state index contributed by atoms with van der Waals surface area (Å²) in [5.74, 6) is 7.54. The molecule has 0 aliphatic heterocycles. The first-order valence-corrected chi connectivity index (χ1v) is 6.46. The molecule has 0 radical (unpaired) electrons. The third-order valence-corrected chi connectivity index (χ3v) is 2.62. The van der Waals surface area contributed by atoms with E-state index in [1.807, 2.05) is 25.1 Å². The number of rotatable bonds is 5. The molecule has 1 aromatic carbocycles. The van der Waals surface area contributed by atoms with Crippen molar-refractivity contribution in [3.8, 4) is 17.6 Å². The van der Waals surface area contributed by atoms with Crippen molar-refractivity contribution in [1.29, 1.82) is 0 Å². The van der Waals surface area contributed by atoms with Crippen LogP contribution in [-0.2, 0) is 0 Å². The summed E-state index contributed by atoms with van der Waals surface area (Å²) in [5.41, 5.74) is 2.11. The standard InChI is InChI=1S/C16H22O2/c1-13(2)9-11-18-16-8-7-15(14(3)12-16)6-4-5-10-17/h7-8,12-13,17H,5,9-11H2,1-3H3. The van der Waals surface area contributed by atoms with E-state index in [1.165, 1.54) is 0 Å². The summed E-state index contributed by atoms with van der Waals surface area (Å²) in [4.78, 5) is 0. The molecule has 0 fully saturated rings. The summed E-state index contributed by atoms with van der Waals surface area (Å²) >= 11 is 0. The molecule has 0 saturated heterocycles. The number of aliphatic hydroxyl groups excluding tert-OH is 1. The van der Waals surface area contributed by atoms with Crippen LogP contribution in [0.2, 0.25) is 0 Å². The van der Waals surface area contributed by atoms with Gasteiger partial charge in [-0.05, 0) is 43.0 Å². The highest BCUT2D eigenvalue weighted by Crippen LogP contribution is 2.17. The Bertz CT molecular complexity index is 424. The zero-order valence-corrected chi connectivity index (χ0v) is 11.5. The van der Waals surface area contributed by atoms with Gasteiger partial charge in [0, 0.05) is 12.0 Å². The van der Waals surface area contributed by atoms with Gasteiger partial charge in [0.15, 0.2) is 0 Å². The minimum absolute atomic E-state index is 0.114. The van der Waals surface area contributed by atoms with E-state index < -0.39 is 0 Å². The number of aryl methyl sites for hydroxylation is 1. The van der Waals surface area contributed by atoms with Gasteiger partial charge in [0.25, 0.3) is 0 Å². The first-order chi connectivity index (χ1) is 8.63. The number of hydrogen-bond donors (Lipinski definition) is 1. The normalized spacial score (nSPS) is 10.1. The van der Waals surface area contributed by atoms with Gasteiger partial charge in [0.05, 0.1) is 13.2 Å². The third kappa shape index (κ3) is 5.25. The largest absolute Gasteiger partial charge is 0.494 e. The minimum Gasteiger partial charge on any atom is -0.494 e. The molecule has 2 heteroatoms. The second-order valence-corrected chi connectivity index (χ2v) is 4.78. The first-order valence-electron chi connectivity index (χ1n) is 6.46. The molecule has 0 aliphatic carbocycles. The number of ether oxygens (including phenoxy) is 1. The fourth-order valence-corrected chi connectivity index (χ4v) is 1.49. The van der Waals surface area contributed by atoms with E-state index in [9.17, 15) is 0 Å². The monoisotopic (exact) mass is 246 g/mol. The van der Waals surface area contributed by atoms with E-state index in [-0.39, 0.29) is 6.61 Å². The highest BCUT2D eigenvalue weighted by molar-refractivity contribution is 5.44. The van der Waals surface area contributed by atoms with E-state index in [2.05, 4.69) is 25.7 Å². The number of hydrogen-bond acceptors (Lipinski definition) is 2. The van der Waals surface area contributed by atoms with Crippen molar-refractivity contribution in [3.05, 3.63) is 29.3 Å². The van der Waals surface area contributed by atoms with Crippen LogP contribution in [0.25, 0.3) is 0 Å². The lowest BCUT2D eigenvalue weighted by Crippen LogP contribution is -2.01. The molecule has 2 nitrogen and oxygen atoms in total. The molecule has 0 unspecified atom stereocenters. The van der Waals surface area contributed by atoms with Gasteiger partial charge in [-0.15, -0.1) is 0 Å². The first kappa shape index (κ1) is 14.6. The molecule has 0 aromatic heterocycles. The van der Waals surface area contributed by atoms with Crippen LogP contribution in [0.15, 0.2) is 18.2 Å². The fourth-order valence-electron chi connectivity index (χ4n) is 1.49. The molecule has 0 bridgehead atoms. The molecule has 18 heavy (non-hydrogen) atoms. The van der Waals surface area contributed by atoms with Crippen molar-refractivity contribution >= 4 is 0 Å². The Morgan fingerprint density at radius 1 is 1.33 bits per heavy atom. The van der Waals surface area contributed by atoms with E-state index in [1.54, 1.807) is 0 Å². The van der Waals surface area contributed by atoms with Crippen LogP contribution in [0.3, 0.4) is 0 Å². The number of aliphatic hydroxyl groups is 1. The van der Waals surface area contributed by atoms with Crippen molar-refractivity contribution in [2.75, 3.05) is 13.2 Å². The predicted octanol–water partition coefficient (Wildman–Crippen LogP) is 3.15. The lowest BCUT2D eigenvalue weighted by atomic mass is 10.1.